The number of aryl methyl sites for hydroxylation is 2. The fraction of sp³-hybridized carbons (Fsp3) is 0.412. The lowest BCUT2D eigenvalue weighted by Gasteiger charge is -2.41. The fourth-order valence-electron chi connectivity index (χ4n) is 3.56. The molecule has 7 nitrogen and oxygen atoms in total. The highest BCUT2D eigenvalue weighted by molar-refractivity contribution is 7.07. The number of hydrogen-bond donors (Lipinski definition) is 0. The number of piperazine rings is 1. The van der Waals surface area contributed by atoms with Crippen LogP contribution in [0.5, 0.6) is 0 Å². The highest BCUT2D eigenvalue weighted by Gasteiger charge is 2.30. The van der Waals surface area contributed by atoms with E-state index in [2.05, 4.69) is 26.9 Å². The SMILES string of the molecule is Cc1nn(C)c2nccc(N3CCN(C(=O)c4cscn4)[C@@H](C)C3)c12. The van der Waals surface area contributed by atoms with E-state index in [-0.39, 0.29) is 11.9 Å². The van der Waals surface area contributed by atoms with Gasteiger partial charge in [-0.25, -0.2) is 9.97 Å². The number of carbonyl (C=O) groups is 1. The zero-order valence-electron chi connectivity index (χ0n) is 14.5. The maximum atomic E-state index is 12.6. The Kier molecular flexibility index (Phi) is 3.91. The number of nitrogens with zero attached hydrogens (tertiary/aromatic N) is 6. The Hall–Kier alpha value is -2.48. The summed E-state index contributed by atoms with van der Waals surface area (Å²) in [6.45, 7) is 6.35. The van der Waals surface area contributed by atoms with Gasteiger partial charge in [-0.05, 0) is 19.9 Å². The Morgan fingerprint density at radius 2 is 2.16 bits per heavy atom. The van der Waals surface area contributed by atoms with Crippen LogP contribution in [-0.2, 0) is 7.05 Å². The molecule has 0 N–H and O–H groups in total. The molecule has 4 rings (SSSR count). The summed E-state index contributed by atoms with van der Waals surface area (Å²) >= 11 is 1.45. The first-order valence-electron chi connectivity index (χ1n) is 8.28. The standard InChI is InChI=1S/C17H20N6OS/c1-11-8-22(6-7-23(11)17(24)13-9-25-10-19-13)14-4-5-18-16-15(14)12(2)20-21(16)3/h4-5,9-11H,6-8H2,1-3H3/t11-/m0/s1. The third-order valence-corrected chi connectivity index (χ3v) is 5.34. The molecule has 1 amide bonds. The zero-order chi connectivity index (χ0) is 17.6. The van der Waals surface area contributed by atoms with Crippen molar-refractivity contribution in [3.8, 4) is 0 Å². The Balaban J connectivity index is 1.60. The van der Waals surface area contributed by atoms with E-state index in [0.717, 1.165) is 35.5 Å². The van der Waals surface area contributed by atoms with Crippen molar-refractivity contribution in [2.45, 2.75) is 19.9 Å². The Bertz CT molecular complexity index is 919. The van der Waals surface area contributed by atoms with E-state index in [0.29, 0.717) is 12.2 Å². The Labute approximate surface area is 149 Å². The molecule has 0 aromatic carbocycles. The molecule has 1 fully saturated rings. The van der Waals surface area contributed by atoms with Crippen LogP contribution in [0, 0.1) is 6.92 Å². The van der Waals surface area contributed by atoms with Crippen molar-refractivity contribution in [3.05, 3.63) is 34.5 Å². The Morgan fingerprint density at radius 3 is 2.88 bits per heavy atom. The quantitative estimate of drug-likeness (QED) is 0.703. The molecule has 4 heterocycles. The van der Waals surface area contributed by atoms with Crippen LogP contribution in [-0.4, -0.2) is 56.2 Å². The van der Waals surface area contributed by atoms with E-state index in [1.807, 2.05) is 41.2 Å². The van der Waals surface area contributed by atoms with Crippen LogP contribution in [0.4, 0.5) is 5.69 Å². The van der Waals surface area contributed by atoms with Crippen molar-refractivity contribution < 1.29 is 4.79 Å². The predicted molar refractivity (Wildman–Crippen MR) is 98.1 cm³/mol. The summed E-state index contributed by atoms with van der Waals surface area (Å²) in [6, 6.07) is 2.16. The van der Waals surface area contributed by atoms with Crippen molar-refractivity contribution in [1.29, 1.82) is 0 Å². The molecular formula is C17H20N6OS. The van der Waals surface area contributed by atoms with E-state index in [9.17, 15) is 4.79 Å². The number of aromatic nitrogens is 4. The number of fused-ring (bicyclic) bond motifs is 1. The molecule has 1 saturated heterocycles. The second-order valence-electron chi connectivity index (χ2n) is 6.40. The molecule has 0 unspecified atom stereocenters. The van der Waals surface area contributed by atoms with Gasteiger partial charge in [0.15, 0.2) is 5.65 Å². The summed E-state index contributed by atoms with van der Waals surface area (Å²) in [7, 11) is 1.92. The van der Waals surface area contributed by atoms with Gasteiger partial charge in [-0.3, -0.25) is 9.48 Å². The molecule has 0 aliphatic carbocycles. The number of rotatable bonds is 2. The molecule has 1 aliphatic rings. The summed E-state index contributed by atoms with van der Waals surface area (Å²) in [5.41, 5.74) is 5.26. The van der Waals surface area contributed by atoms with E-state index < -0.39 is 0 Å². The van der Waals surface area contributed by atoms with E-state index in [1.54, 1.807) is 5.51 Å². The second kappa shape index (κ2) is 6.11. The minimum absolute atomic E-state index is 0.0193. The third-order valence-electron chi connectivity index (χ3n) is 4.76. The van der Waals surface area contributed by atoms with E-state index >= 15 is 0 Å². The maximum absolute atomic E-state index is 12.6. The summed E-state index contributed by atoms with van der Waals surface area (Å²) in [5.74, 6) is 0.0193. The average molecular weight is 356 g/mol. The van der Waals surface area contributed by atoms with Crippen molar-refractivity contribution in [3.63, 3.8) is 0 Å². The molecular weight excluding hydrogens is 336 g/mol. The van der Waals surface area contributed by atoms with Crippen molar-refractivity contribution in [1.82, 2.24) is 24.6 Å². The predicted octanol–water partition coefficient (Wildman–Crippen LogP) is 2.08. The first-order valence-corrected chi connectivity index (χ1v) is 9.23. The van der Waals surface area contributed by atoms with Crippen molar-refractivity contribution in [2.75, 3.05) is 24.5 Å². The number of anilines is 1. The molecule has 25 heavy (non-hydrogen) atoms. The van der Waals surface area contributed by atoms with Gasteiger partial charge >= 0.3 is 0 Å². The van der Waals surface area contributed by atoms with Crippen molar-refractivity contribution >= 4 is 34.0 Å². The highest BCUT2D eigenvalue weighted by atomic mass is 32.1. The van der Waals surface area contributed by atoms with Gasteiger partial charge < -0.3 is 9.80 Å². The van der Waals surface area contributed by atoms with Gasteiger partial charge in [0.2, 0.25) is 0 Å². The van der Waals surface area contributed by atoms with Crippen LogP contribution in [0.25, 0.3) is 11.0 Å². The van der Waals surface area contributed by atoms with Crippen LogP contribution < -0.4 is 4.90 Å². The molecule has 0 bridgehead atoms. The zero-order valence-corrected chi connectivity index (χ0v) is 15.3. The first-order chi connectivity index (χ1) is 12.1. The smallest absolute Gasteiger partial charge is 0.273 e. The average Bonchev–Trinajstić information content (AvgIpc) is 3.23. The maximum Gasteiger partial charge on any atom is 0.273 e. The monoisotopic (exact) mass is 356 g/mol. The highest BCUT2D eigenvalue weighted by Crippen LogP contribution is 2.29. The van der Waals surface area contributed by atoms with Crippen LogP contribution in [0.2, 0.25) is 0 Å². The topological polar surface area (TPSA) is 67.2 Å². The first kappa shape index (κ1) is 16.0. The minimum Gasteiger partial charge on any atom is -0.367 e. The van der Waals surface area contributed by atoms with E-state index in [4.69, 9.17) is 0 Å². The molecule has 3 aromatic rings. The second-order valence-corrected chi connectivity index (χ2v) is 7.12. The van der Waals surface area contributed by atoms with Gasteiger partial charge in [0.05, 0.1) is 22.3 Å². The number of amides is 1. The molecule has 1 aliphatic heterocycles. The summed E-state index contributed by atoms with van der Waals surface area (Å²) in [5, 5.41) is 7.40. The van der Waals surface area contributed by atoms with E-state index in [1.165, 1.54) is 11.3 Å². The molecule has 8 heteroatoms. The molecule has 1 atom stereocenters. The van der Waals surface area contributed by atoms with Crippen LogP contribution in [0.3, 0.4) is 0 Å². The minimum atomic E-state index is 0.0193. The lowest BCUT2D eigenvalue weighted by atomic mass is 10.1. The van der Waals surface area contributed by atoms with Gasteiger partial charge in [0.1, 0.15) is 5.69 Å². The lowest BCUT2D eigenvalue weighted by molar-refractivity contribution is 0.0669. The van der Waals surface area contributed by atoms with Gasteiger partial charge in [-0.1, -0.05) is 0 Å². The molecule has 0 saturated carbocycles. The lowest BCUT2D eigenvalue weighted by Crippen LogP contribution is -2.54. The fourth-order valence-corrected chi connectivity index (χ4v) is 4.09. The summed E-state index contributed by atoms with van der Waals surface area (Å²) in [4.78, 5) is 25.5. The van der Waals surface area contributed by atoms with Crippen LogP contribution >= 0.6 is 11.3 Å². The Morgan fingerprint density at radius 1 is 1.32 bits per heavy atom. The largest absolute Gasteiger partial charge is 0.367 e. The number of carbonyl (C=O) groups excluding carboxylic acids is 1. The van der Waals surface area contributed by atoms with Gasteiger partial charge in [0.25, 0.3) is 5.91 Å². The van der Waals surface area contributed by atoms with Gasteiger partial charge in [0, 0.05) is 44.3 Å². The number of thiazole rings is 1. The number of pyridine rings is 1. The third kappa shape index (κ3) is 2.66. The molecule has 0 spiro atoms. The molecule has 3 aromatic heterocycles. The summed E-state index contributed by atoms with van der Waals surface area (Å²) < 4.78 is 1.82. The molecule has 0 radical (unpaired) electrons. The molecule has 130 valence electrons. The normalized spacial score (nSPS) is 18.1. The van der Waals surface area contributed by atoms with Crippen LogP contribution in [0.1, 0.15) is 23.1 Å². The van der Waals surface area contributed by atoms with Crippen molar-refractivity contribution in [2.24, 2.45) is 7.05 Å². The summed E-state index contributed by atoms with van der Waals surface area (Å²) in [6.07, 6.45) is 1.83. The van der Waals surface area contributed by atoms with Crippen LogP contribution in [0.15, 0.2) is 23.2 Å². The van der Waals surface area contributed by atoms with Gasteiger partial charge in [-0.15, -0.1) is 11.3 Å². The number of hydrogen-bond acceptors (Lipinski definition) is 6. The van der Waals surface area contributed by atoms with Gasteiger partial charge in [-0.2, -0.15) is 5.10 Å².